The lowest BCUT2D eigenvalue weighted by atomic mass is 10.2. The van der Waals surface area contributed by atoms with Gasteiger partial charge in [-0.2, -0.15) is 0 Å². The summed E-state index contributed by atoms with van der Waals surface area (Å²) < 4.78 is 0. The Morgan fingerprint density at radius 1 is 1.29 bits per heavy atom. The Balaban J connectivity index is 2.34. The molecule has 3 heteroatoms. The number of aromatic nitrogens is 1. The van der Waals surface area contributed by atoms with E-state index in [2.05, 4.69) is 24.9 Å². The Bertz CT molecular complexity index is 364. The van der Waals surface area contributed by atoms with Crippen LogP contribution in [-0.2, 0) is 0 Å². The zero-order valence-corrected chi connectivity index (χ0v) is 9.55. The maximum atomic E-state index is 11.2. The first-order valence-corrected chi connectivity index (χ1v) is 6.64. The van der Waals surface area contributed by atoms with Crippen molar-refractivity contribution >= 4 is 13.4 Å². The van der Waals surface area contributed by atoms with Crippen molar-refractivity contribution in [3.8, 4) is 0 Å². The SMILES string of the molecule is C[C@H]1CC[C@H](C)P1c1cccc(=O)[nH]1. The van der Waals surface area contributed by atoms with E-state index in [0.717, 1.165) is 11.3 Å². The zero-order valence-electron chi connectivity index (χ0n) is 8.66. The van der Waals surface area contributed by atoms with Crippen LogP contribution in [0.1, 0.15) is 26.7 Å². The first kappa shape index (κ1) is 9.92. The summed E-state index contributed by atoms with van der Waals surface area (Å²) >= 11 is 0. The fraction of sp³-hybridized carbons (Fsp3) is 0.545. The highest BCUT2D eigenvalue weighted by molar-refractivity contribution is 7.67. The van der Waals surface area contributed by atoms with Gasteiger partial charge in [0.15, 0.2) is 0 Å². The first-order chi connectivity index (χ1) is 6.68. The van der Waals surface area contributed by atoms with Crippen LogP contribution in [0.15, 0.2) is 23.0 Å². The molecule has 0 amide bonds. The molecule has 0 spiro atoms. The lowest BCUT2D eigenvalue weighted by Crippen LogP contribution is -2.21. The van der Waals surface area contributed by atoms with E-state index in [1.165, 1.54) is 18.3 Å². The first-order valence-electron chi connectivity index (χ1n) is 5.16. The predicted molar refractivity (Wildman–Crippen MR) is 61.8 cm³/mol. The van der Waals surface area contributed by atoms with Gasteiger partial charge in [-0.1, -0.05) is 27.8 Å². The topological polar surface area (TPSA) is 32.9 Å². The van der Waals surface area contributed by atoms with E-state index >= 15 is 0 Å². The van der Waals surface area contributed by atoms with Gasteiger partial charge in [0.25, 0.3) is 0 Å². The van der Waals surface area contributed by atoms with Crippen molar-refractivity contribution in [3.05, 3.63) is 28.6 Å². The number of aromatic amines is 1. The predicted octanol–water partition coefficient (Wildman–Crippen LogP) is 2.05. The summed E-state index contributed by atoms with van der Waals surface area (Å²) in [5, 5.41) is 0. The summed E-state index contributed by atoms with van der Waals surface area (Å²) in [6.45, 7) is 4.61. The molecular formula is C11H16NOP. The second-order valence-electron chi connectivity index (χ2n) is 4.08. The van der Waals surface area contributed by atoms with Crippen LogP contribution in [-0.4, -0.2) is 16.3 Å². The van der Waals surface area contributed by atoms with E-state index in [4.69, 9.17) is 0 Å². The van der Waals surface area contributed by atoms with Crippen molar-refractivity contribution in [2.45, 2.75) is 38.0 Å². The van der Waals surface area contributed by atoms with Gasteiger partial charge in [-0.15, -0.1) is 0 Å². The molecule has 0 saturated carbocycles. The molecule has 0 aliphatic carbocycles. The van der Waals surface area contributed by atoms with Crippen LogP contribution in [0.25, 0.3) is 0 Å². The minimum atomic E-state index is -0.134. The van der Waals surface area contributed by atoms with Gasteiger partial charge in [0.05, 0.1) is 0 Å². The molecule has 14 heavy (non-hydrogen) atoms. The van der Waals surface area contributed by atoms with Gasteiger partial charge < -0.3 is 4.98 Å². The van der Waals surface area contributed by atoms with Crippen molar-refractivity contribution in [2.24, 2.45) is 0 Å². The minimum absolute atomic E-state index is 0.0382. The van der Waals surface area contributed by atoms with Crippen molar-refractivity contribution < 1.29 is 0 Å². The molecule has 76 valence electrons. The van der Waals surface area contributed by atoms with E-state index in [9.17, 15) is 4.79 Å². The van der Waals surface area contributed by atoms with Gasteiger partial charge in [-0.3, -0.25) is 4.79 Å². The standard InChI is InChI=1S/C11H16NOP/c1-8-6-7-9(2)14(8)11-5-3-4-10(13)12-11/h3-5,8-9H,6-7H2,1-2H3,(H,12,13)/t8-,9-/m0/s1. The largest absolute Gasteiger partial charge is 0.322 e. The Kier molecular flexibility index (Phi) is 2.73. The monoisotopic (exact) mass is 209 g/mol. The van der Waals surface area contributed by atoms with Gasteiger partial charge in [-0.05, 0) is 30.2 Å². The summed E-state index contributed by atoms with van der Waals surface area (Å²) in [6.07, 6.45) is 2.62. The molecule has 2 nitrogen and oxygen atoms in total. The van der Waals surface area contributed by atoms with E-state index in [1.54, 1.807) is 6.07 Å². The zero-order chi connectivity index (χ0) is 10.1. The third-order valence-electron chi connectivity index (χ3n) is 2.98. The molecule has 1 aromatic rings. The van der Waals surface area contributed by atoms with Crippen molar-refractivity contribution in [1.29, 1.82) is 0 Å². The number of pyridine rings is 1. The van der Waals surface area contributed by atoms with Gasteiger partial charge in [0, 0.05) is 11.5 Å². The molecule has 1 aliphatic rings. The van der Waals surface area contributed by atoms with Crippen molar-refractivity contribution in [3.63, 3.8) is 0 Å². The lowest BCUT2D eigenvalue weighted by molar-refractivity contribution is 0.777. The summed E-state index contributed by atoms with van der Waals surface area (Å²) in [7, 11) is -0.134. The second kappa shape index (κ2) is 3.86. The van der Waals surface area contributed by atoms with E-state index in [1.807, 2.05) is 6.07 Å². The Morgan fingerprint density at radius 2 is 1.93 bits per heavy atom. The number of nitrogens with one attached hydrogen (secondary N) is 1. The normalized spacial score (nSPS) is 28.1. The molecule has 1 saturated heterocycles. The summed E-state index contributed by atoms with van der Waals surface area (Å²) in [4.78, 5) is 14.2. The molecule has 0 radical (unpaired) electrons. The molecule has 2 atom stereocenters. The van der Waals surface area contributed by atoms with Gasteiger partial charge in [0.2, 0.25) is 5.56 Å². The van der Waals surface area contributed by atoms with Gasteiger partial charge >= 0.3 is 0 Å². The van der Waals surface area contributed by atoms with Crippen LogP contribution in [0.2, 0.25) is 0 Å². The average molecular weight is 209 g/mol. The van der Waals surface area contributed by atoms with Crippen LogP contribution >= 0.6 is 7.92 Å². The third kappa shape index (κ3) is 1.76. The quantitative estimate of drug-likeness (QED) is 0.705. The van der Waals surface area contributed by atoms with E-state index in [0.29, 0.717) is 0 Å². The molecular weight excluding hydrogens is 193 g/mol. The summed E-state index contributed by atoms with van der Waals surface area (Å²) in [5.41, 5.74) is 2.75. The fourth-order valence-electron chi connectivity index (χ4n) is 2.26. The van der Waals surface area contributed by atoms with Crippen LogP contribution in [0.5, 0.6) is 0 Å². The number of hydrogen-bond acceptors (Lipinski definition) is 1. The highest BCUT2D eigenvalue weighted by atomic mass is 31.1. The minimum Gasteiger partial charge on any atom is -0.322 e. The summed E-state index contributed by atoms with van der Waals surface area (Å²) in [5.74, 6) is 0. The smallest absolute Gasteiger partial charge is 0.248 e. The Hall–Kier alpha value is -0.620. The van der Waals surface area contributed by atoms with Crippen molar-refractivity contribution in [1.82, 2.24) is 4.98 Å². The number of H-pyrrole nitrogens is 1. The molecule has 2 heterocycles. The molecule has 1 aromatic heterocycles. The Morgan fingerprint density at radius 3 is 2.50 bits per heavy atom. The van der Waals surface area contributed by atoms with Crippen LogP contribution in [0.4, 0.5) is 0 Å². The maximum Gasteiger partial charge on any atom is 0.248 e. The highest BCUT2D eigenvalue weighted by Crippen LogP contribution is 2.53. The highest BCUT2D eigenvalue weighted by Gasteiger charge is 2.31. The number of hydrogen-bond donors (Lipinski definition) is 1. The summed E-state index contributed by atoms with van der Waals surface area (Å²) in [6, 6.07) is 5.53. The van der Waals surface area contributed by atoms with Gasteiger partial charge in [0.1, 0.15) is 0 Å². The van der Waals surface area contributed by atoms with Crippen LogP contribution in [0, 0.1) is 0 Å². The van der Waals surface area contributed by atoms with Crippen LogP contribution < -0.4 is 11.0 Å². The molecule has 1 fully saturated rings. The van der Waals surface area contributed by atoms with E-state index in [-0.39, 0.29) is 13.5 Å². The lowest BCUT2D eigenvalue weighted by Gasteiger charge is -2.20. The van der Waals surface area contributed by atoms with E-state index < -0.39 is 0 Å². The Labute approximate surface area is 85.5 Å². The second-order valence-corrected chi connectivity index (χ2v) is 7.14. The molecule has 0 aromatic carbocycles. The van der Waals surface area contributed by atoms with Crippen molar-refractivity contribution in [2.75, 3.05) is 0 Å². The molecule has 1 N–H and O–H groups in total. The third-order valence-corrected chi connectivity index (χ3v) is 6.22. The molecule has 0 unspecified atom stereocenters. The average Bonchev–Trinajstić information content (AvgIpc) is 2.46. The maximum absolute atomic E-state index is 11.2. The fourth-order valence-corrected chi connectivity index (χ4v) is 5.43. The number of rotatable bonds is 1. The molecule has 2 rings (SSSR count). The van der Waals surface area contributed by atoms with Gasteiger partial charge in [-0.25, -0.2) is 0 Å². The van der Waals surface area contributed by atoms with Crippen LogP contribution in [0.3, 0.4) is 0 Å². The molecule has 1 aliphatic heterocycles. The molecule has 0 bridgehead atoms.